The molecule has 0 aromatic rings. The van der Waals surface area contributed by atoms with Gasteiger partial charge in [-0.1, -0.05) is 0 Å². The number of halogens is 3. The molecule has 1 N–H and O–H groups in total. The lowest BCUT2D eigenvalue weighted by Gasteiger charge is -2.13. The van der Waals surface area contributed by atoms with Crippen molar-refractivity contribution in [3.63, 3.8) is 0 Å². The number of hydrogen-bond donors (Lipinski definition) is 1. The number of ketones is 1. The molecule has 5 heteroatoms. The molecule has 1 fully saturated rings. The van der Waals surface area contributed by atoms with E-state index in [1.54, 1.807) is 0 Å². The largest absolute Gasteiger partial charge is 0.389 e. The smallest absolute Gasteiger partial charge is 0.314 e. The summed E-state index contributed by atoms with van der Waals surface area (Å²) in [6, 6.07) is 0.114. The van der Waals surface area contributed by atoms with Gasteiger partial charge in [-0.05, 0) is 26.3 Å². The average molecular weight is 223 g/mol. The van der Waals surface area contributed by atoms with Crippen LogP contribution in [0.2, 0.25) is 0 Å². The van der Waals surface area contributed by atoms with Crippen molar-refractivity contribution in [2.45, 2.75) is 44.8 Å². The minimum absolute atomic E-state index is 0.0308. The van der Waals surface area contributed by atoms with Crippen molar-refractivity contribution in [1.82, 2.24) is 5.32 Å². The quantitative estimate of drug-likeness (QED) is 0.792. The first-order valence-corrected chi connectivity index (χ1v) is 5.23. The minimum atomic E-state index is -4.14. The van der Waals surface area contributed by atoms with Gasteiger partial charge in [-0.2, -0.15) is 13.2 Å². The number of carbonyl (C=O) groups is 1. The summed E-state index contributed by atoms with van der Waals surface area (Å²) in [4.78, 5) is 11.5. The van der Waals surface area contributed by atoms with Crippen molar-refractivity contribution >= 4 is 5.78 Å². The number of Topliss-reactive ketones (excluding diaryl/α,β-unsaturated/α-hetero) is 1. The summed E-state index contributed by atoms with van der Waals surface area (Å²) in [6.45, 7) is 2.69. The molecular weight excluding hydrogens is 207 g/mol. The summed E-state index contributed by atoms with van der Waals surface area (Å²) < 4.78 is 35.5. The predicted molar refractivity (Wildman–Crippen MR) is 50.5 cm³/mol. The van der Waals surface area contributed by atoms with Gasteiger partial charge in [0, 0.05) is 24.8 Å². The molecule has 0 bridgehead atoms. The van der Waals surface area contributed by atoms with E-state index in [1.807, 2.05) is 6.92 Å². The molecule has 0 aromatic heterocycles. The van der Waals surface area contributed by atoms with Gasteiger partial charge in [-0.25, -0.2) is 0 Å². The van der Waals surface area contributed by atoms with Crippen LogP contribution < -0.4 is 5.32 Å². The highest BCUT2D eigenvalue weighted by molar-refractivity contribution is 5.81. The van der Waals surface area contributed by atoms with Gasteiger partial charge in [0.1, 0.15) is 5.78 Å². The Kier molecular flexibility index (Phi) is 4.13. The Morgan fingerprint density at radius 2 is 2.13 bits per heavy atom. The lowest BCUT2D eigenvalue weighted by atomic mass is 9.93. The van der Waals surface area contributed by atoms with Crippen LogP contribution in [-0.4, -0.2) is 24.5 Å². The van der Waals surface area contributed by atoms with E-state index in [0.29, 0.717) is 0 Å². The maximum atomic E-state index is 11.8. The zero-order valence-corrected chi connectivity index (χ0v) is 8.73. The summed E-state index contributed by atoms with van der Waals surface area (Å²) in [5, 5.41) is 3.11. The topological polar surface area (TPSA) is 29.1 Å². The molecule has 1 aliphatic heterocycles. The Hall–Kier alpha value is -0.580. The molecule has 15 heavy (non-hydrogen) atoms. The first-order valence-electron chi connectivity index (χ1n) is 5.23. The van der Waals surface area contributed by atoms with Crippen molar-refractivity contribution in [2.24, 2.45) is 5.92 Å². The van der Waals surface area contributed by atoms with E-state index in [0.717, 1.165) is 13.0 Å². The lowest BCUT2D eigenvalue weighted by molar-refractivity contribution is -0.137. The van der Waals surface area contributed by atoms with Crippen LogP contribution in [-0.2, 0) is 4.79 Å². The maximum Gasteiger partial charge on any atom is 0.389 e. The lowest BCUT2D eigenvalue weighted by Crippen LogP contribution is -2.28. The van der Waals surface area contributed by atoms with Gasteiger partial charge >= 0.3 is 6.18 Å². The van der Waals surface area contributed by atoms with E-state index in [-0.39, 0.29) is 30.6 Å². The highest BCUT2D eigenvalue weighted by atomic mass is 19.4. The molecule has 88 valence electrons. The molecule has 1 aliphatic rings. The van der Waals surface area contributed by atoms with Gasteiger partial charge < -0.3 is 5.32 Å². The third kappa shape index (κ3) is 4.20. The van der Waals surface area contributed by atoms with Crippen LogP contribution in [0.1, 0.15) is 32.6 Å². The summed E-state index contributed by atoms with van der Waals surface area (Å²) in [7, 11) is 0. The first-order chi connectivity index (χ1) is 6.90. The van der Waals surface area contributed by atoms with Crippen LogP contribution in [0.3, 0.4) is 0 Å². The number of rotatable bonds is 4. The van der Waals surface area contributed by atoms with E-state index < -0.39 is 12.6 Å². The Morgan fingerprint density at radius 3 is 2.60 bits per heavy atom. The second-order valence-corrected chi connectivity index (χ2v) is 4.07. The van der Waals surface area contributed by atoms with E-state index in [9.17, 15) is 18.0 Å². The van der Waals surface area contributed by atoms with Crippen LogP contribution in [0.4, 0.5) is 13.2 Å². The van der Waals surface area contributed by atoms with Gasteiger partial charge in [0.05, 0.1) is 0 Å². The summed E-state index contributed by atoms with van der Waals surface area (Å²) in [5.41, 5.74) is 0. The molecule has 1 saturated heterocycles. The zero-order valence-electron chi connectivity index (χ0n) is 8.73. The highest BCUT2D eigenvalue weighted by Gasteiger charge is 2.31. The molecule has 1 heterocycles. The fourth-order valence-electron chi connectivity index (χ4n) is 1.95. The van der Waals surface area contributed by atoms with Gasteiger partial charge in [0.15, 0.2) is 0 Å². The molecule has 0 saturated carbocycles. The van der Waals surface area contributed by atoms with Crippen molar-refractivity contribution in [3.8, 4) is 0 Å². The van der Waals surface area contributed by atoms with Gasteiger partial charge in [0.25, 0.3) is 0 Å². The van der Waals surface area contributed by atoms with Gasteiger partial charge in [-0.3, -0.25) is 4.79 Å². The predicted octanol–water partition coefficient (Wildman–Crippen LogP) is 2.29. The Labute approximate surface area is 87.2 Å². The molecular formula is C10H16F3NO. The minimum Gasteiger partial charge on any atom is -0.314 e. The van der Waals surface area contributed by atoms with Crippen LogP contribution in [0, 0.1) is 5.92 Å². The van der Waals surface area contributed by atoms with Crippen molar-refractivity contribution in [1.29, 1.82) is 0 Å². The monoisotopic (exact) mass is 223 g/mol. The third-order valence-corrected chi connectivity index (χ3v) is 2.82. The van der Waals surface area contributed by atoms with E-state index in [2.05, 4.69) is 5.32 Å². The second-order valence-electron chi connectivity index (χ2n) is 4.07. The molecule has 2 nitrogen and oxygen atoms in total. The van der Waals surface area contributed by atoms with E-state index in [1.165, 1.54) is 0 Å². The summed E-state index contributed by atoms with van der Waals surface area (Å²) in [5.74, 6) is -0.116. The van der Waals surface area contributed by atoms with Crippen molar-refractivity contribution < 1.29 is 18.0 Å². The molecule has 2 unspecified atom stereocenters. The fourth-order valence-corrected chi connectivity index (χ4v) is 1.95. The average Bonchev–Trinajstić information content (AvgIpc) is 2.48. The van der Waals surface area contributed by atoms with Gasteiger partial charge in [0.2, 0.25) is 0 Å². The van der Waals surface area contributed by atoms with Crippen molar-refractivity contribution in [3.05, 3.63) is 0 Å². The first kappa shape index (κ1) is 12.5. The molecule has 0 aromatic carbocycles. The van der Waals surface area contributed by atoms with Crippen LogP contribution >= 0.6 is 0 Å². The number of hydrogen-bond acceptors (Lipinski definition) is 2. The molecule has 0 spiro atoms. The maximum absolute atomic E-state index is 11.8. The number of carbonyl (C=O) groups excluding carboxylic acids is 1. The second kappa shape index (κ2) is 4.96. The van der Waals surface area contributed by atoms with Crippen LogP contribution in [0.25, 0.3) is 0 Å². The number of nitrogens with one attached hydrogen (secondary N) is 1. The van der Waals surface area contributed by atoms with Crippen LogP contribution in [0.5, 0.6) is 0 Å². The Bertz CT molecular complexity index is 227. The molecule has 2 atom stereocenters. The normalized spacial score (nSPS) is 26.9. The Balaban J connectivity index is 2.24. The number of alkyl halides is 3. The van der Waals surface area contributed by atoms with Crippen molar-refractivity contribution in [2.75, 3.05) is 6.54 Å². The molecule has 1 rings (SSSR count). The summed E-state index contributed by atoms with van der Waals surface area (Å²) in [6.07, 6.45) is -4.26. The molecule has 0 amide bonds. The Morgan fingerprint density at radius 1 is 1.47 bits per heavy atom. The highest BCUT2D eigenvalue weighted by Crippen LogP contribution is 2.24. The van der Waals surface area contributed by atoms with E-state index >= 15 is 0 Å². The molecule has 0 radical (unpaired) electrons. The summed E-state index contributed by atoms with van der Waals surface area (Å²) >= 11 is 0. The standard InChI is InChI=1S/C10H16F3NO/c1-7-8(4-6-14-7)9(15)3-2-5-10(11,12)13/h7-8,14H,2-6H2,1H3. The van der Waals surface area contributed by atoms with Crippen LogP contribution in [0.15, 0.2) is 0 Å². The van der Waals surface area contributed by atoms with E-state index in [4.69, 9.17) is 0 Å². The fraction of sp³-hybridized carbons (Fsp3) is 0.900. The third-order valence-electron chi connectivity index (χ3n) is 2.82. The van der Waals surface area contributed by atoms with Gasteiger partial charge in [-0.15, -0.1) is 0 Å². The SMILES string of the molecule is CC1NCCC1C(=O)CCCC(F)(F)F. The zero-order chi connectivity index (χ0) is 11.5. The molecule has 0 aliphatic carbocycles.